The van der Waals surface area contributed by atoms with Gasteiger partial charge in [0.25, 0.3) is 0 Å². The molecule has 2 fully saturated rings. The third-order valence-electron chi connectivity index (χ3n) is 4.86. The van der Waals surface area contributed by atoms with E-state index in [-0.39, 0.29) is 35.5 Å². The molecule has 0 radical (unpaired) electrons. The van der Waals surface area contributed by atoms with Gasteiger partial charge in [-0.15, -0.1) is 0 Å². The Hall–Kier alpha value is -1.06. The number of hydrogen-bond acceptors (Lipinski definition) is 2. The van der Waals surface area contributed by atoms with Crippen LogP contribution in [0.5, 0.6) is 0 Å². The summed E-state index contributed by atoms with van der Waals surface area (Å²) < 4.78 is 0. The lowest BCUT2D eigenvalue weighted by Gasteiger charge is -2.31. The van der Waals surface area contributed by atoms with Crippen molar-refractivity contribution >= 4 is 11.8 Å². The van der Waals surface area contributed by atoms with Gasteiger partial charge in [-0.3, -0.25) is 9.59 Å². The molecule has 4 nitrogen and oxygen atoms in total. The molecule has 2 unspecified atom stereocenters. The molecule has 0 saturated heterocycles. The first kappa shape index (κ1) is 13.4. The average Bonchev–Trinajstić information content (AvgIpc) is 2.97. The van der Waals surface area contributed by atoms with Gasteiger partial charge in [-0.05, 0) is 37.5 Å². The van der Waals surface area contributed by atoms with Crippen molar-refractivity contribution in [2.24, 2.45) is 35.1 Å². The van der Waals surface area contributed by atoms with Gasteiger partial charge in [0.05, 0.1) is 11.8 Å². The zero-order valence-corrected chi connectivity index (χ0v) is 10.9. The van der Waals surface area contributed by atoms with Crippen molar-refractivity contribution in [2.75, 3.05) is 0 Å². The molecule has 0 aliphatic heterocycles. The molecule has 2 aliphatic rings. The highest BCUT2D eigenvalue weighted by atomic mass is 16.2. The SMILES string of the molecule is NC(=O)C(C1CCCC1)C(C(N)=O)C1CCCC1. The van der Waals surface area contributed by atoms with E-state index in [0.717, 1.165) is 51.4 Å². The molecule has 2 amide bonds. The Morgan fingerprint density at radius 3 is 1.22 bits per heavy atom. The molecular formula is C14H24N2O2. The van der Waals surface area contributed by atoms with Gasteiger partial charge < -0.3 is 11.5 Å². The Kier molecular flexibility index (Phi) is 4.25. The molecule has 4 N–H and O–H groups in total. The number of primary amides is 2. The molecule has 0 spiro atoms. The molecule has 2 atom stereocenters. The molecule has 0 bridgehead atoms. The van der Waals surface area contributed by atoms with E-state index in [1.54, 1.807) is 0 Å². The molecule has 0 aromatic carbocycles. The average molecular weight is 252 g/mol. The summed E-state index contributed by atoms with van der Waals surface area (Å²) in [4.78, 5) is 23.6. The normalized spacial score (nSPS) is 25.1. The van der Waals surface area contributed by atoms with Crippen LogP contribution in [0.25, 0.3) is 0 Å². The lowest BCUT2D eigenvalue weighted by molar-refractivity contribution is -0.135. The Morgan fingerprint density at radius 2 is 1.00 bits per heavy atom. The van der Waals surface area contributed by atoms with Crippen LogP contribution in [0.1, 0.15) is 51.4 Å². The fraction of sp³-hybridized carbons (Fsp3) is 0.857. The van der Waals surface area contributed by atoms with Crippen molar-refractivity contribution in [3.8, 4) is 0 Å². The first-order valence-electron chi connectivity index (χ1n) is 7.20. The summed E-state index contributed by atoms with van der Waals surface area (Å²) >= 11 is 0. The second-order valence-corrected chi connectivity index (χ2v) is 5.95. The largest absolute Gasteiger partial charge is 0.369 e. The van der Waals surface area contributed by atoms with E-state index in [9.17, 15) is 9.59 Å². The third-order valence-corrected chi connectivity index (χ3v) is 4.86. The van der Waals surface area contributed by atoms with E-state index < -0.39 is 0 Å². The van der Waals surface area contributed by atoms with Crippen LogP contribution in [0.3, 0.4) is 0 Å². The number of nitrogens with two attached hydrogens (primary N) is 2. The number of rotatable bonds is 5. The molecule has 2 aliphatic carbocycles. The lowest BCUT2D eigenvalue weighted by atomic mass is 9.72. The first-order valence-corrected chi connectivity index (χ1v) is 7.20. The van der Waals surface area contributed by atoms with Crippen molar-refractivity contribution in [3.05, 3.63) is 0 Å². The molecule has 2 saturated carbocycles. The number of carbonyl (C=O) groups is 2. The molecule has 2 rings (SSSR count). The molecule has 0 aromatic rings. The van der Waals surface area contributed by atoms with E-state index in [1.807, 2.05) is 0 Å². The molecule has 18 heavy (non-hydrogen) atoms. The zero-order valence-electron chi connectivity index (χ0n) is 10.9. The van der Waals surface area contributed by atoms with Crippen LogP contribution < -0.4 is 11.5 Å². The first-order chi connectivity index (χ1) is 8.61. The number of amides is 2. The summed E-state index contributed by atoms with van der Waals surface area (Å²) in [6.07, 6.45) is 8.65. The highest BCUT2D eigenvalue weighted by Gasteiger charge is 2.43. The fourth-order valence-corrected chi connectivity index (χ4v) is 4.04. The zero-order chi connectivity index (χ0) is 13.1. The Morgan fingerprint density at radius 1 is 0.722 bits per heavy atom. The Bertz CT molecular complexity index is 286. The van der Waals surface area contributed by atoms with Crippen LogP contribution in [0.4, 0.5) is 0 Å². The highest BCUT2D eigenvalue weighted by Crippen LogP contribution is 2.42. The fourth-order valence-electron chi connectivity index (χ4n) is 4.04. The standard InChI is InChI=1S/C14H24N2O2/c15-13(17)11(9-5-1-2-6-9)12(14(16)18)10-7-3-4-8-10/h9-12H,1-8H2,(H2,15,17)(H2,16,18). The van der Waals surface area contributed by atoms with Gasteiger partial charge in [0.1, 0.15) is 0 Å². The highest BCUT2D eigenvalue weighted by molar-refractivity contribution is 5.86. The van der Waals surface area contributed by atoms with Gasteiger partial charge in [-0.2, -0.15) is 0 Å². The van der Waals surface area contributed by atoms with Gasteiger partial charge in [0.15, 0.2) is 0 Å². The summed E-state index contributed by atoms with van der Waals surface area (Å²) in [6.45, 7) is 0. The predicted molar refractivity (Wildman–Crippen MR) is 69.3 cm³/mol. The summed E-state index contributed by atoms with van der Waals surface area (Å²) in [6, 6.07) is 0. The van der Waals surface area contributed by atoms with Crippen molar-refractivity contribution < 1.29 is 9.59 Å². The number of carbonyl (C=O) groups excluding carboxylic acids is 2. The minimum absolute atomic E-state index is 0.278. The summed E-state index contributed by atoms with van der Waals surface area (Å²) in [5, 5.41) is 0. The van der Waals surface area contributed by atoms with Crippen molar-refractivity contribution in [2.45, 2.75) is 51.4 Å². The van der Waals surface area contributed by atoms with Gasteiger partial charge in [0.2, 0.25) is 11.8 Å². The summed E-state index contributed by atoms with van der Waals surface area (Å²) in [7, 11) is 0. The summed E-state index contributed by atoms with van der Waals surface area (Å²) in [5.74, 6) is -0.738. The maximum absolute atomic E-state index is 11.8. The van der Waals surface area contributed by atoms with E-state index in [2.05, 4.69) is 0 Å². The van der Waals surface area contributed by atoms with Gasteiger partial charge in [0, 0.05) is 0 Å². The van der Waals surface area contributed by atoms with E-state index >= 15 is 0 Å². The van der Waals surface area contributed by atoms with Crippen molar-refractivity contribution in [1.29, 1.82) is 0 Å². The van der Waals surface area contributed by atoms with E-state index in [0.29, 0.717) is 0 Å². The van der Waals surface area contributed by atoms with Gasteiger partial charge in [-0.1, -0.05) is 25.7 Å². The predicted octanol–water partition coefficient (Wildman–Crippen LogP) is 1.57. The van der Waals surface area contributed by atoms with Crippen LogP contribution in [0.15, 0.2) is 0 Å². The second-order valence-electron chi connectivity index (χ2n) is 5.95. The molecule has 102 valence electrons. The molecular weight excluding hydrogens is 228 g/mol. The van der Waals surface area contributed by atoms with Crippen LogP contribution >= 0.6 is 0 Å². The molecule has 0 aromatic heterocycles. The van der Waals surface area contributed by atoms with Gasteiger partial charge >= 0.3 is 0 Å². The number of hydrogen-bond donors (Lipinski definition) is 2. The third kappa shape index (κ3) is 2.68. The van der Waals surface area contributed by atoms with Crippen molar-refractivity contribution in [1.82, 2.24) is 0 Å². The van der Waals surface area contributed by atoms with Crippen molar-refractivity contribution in [3.63, 3.8) is 0 Å². The maximum Gasteiger partial charge on any atom is 0.221 e. The van der Waals surface area contributed by atoms with Crippen LogP contribution in [0.2, 0.25) is 0 Å². The minimum Gasteiger partial charge on any atom is -0.369 e. The van der Waals surface area contributed by atoms with Crippen LogP contribution in [-0.4, -0.2) is 11.8 Å². The summed E-state index contributed by atoms with van der Waals surface area (Å²) in [5.41, 5.74) is 11.2. The van der Waals surface area contributed by atoms with Crippen LogP contribution in [-0.2, 0) is 9.59 Å². The minimum atomic E-state index is -0.326. The maximum atomic E-state index is 11.8. The van der Waals surface area contributed by atoms with E-state index in [4.69, 9.17) is 11.5 Å². The second kappa shape index (κ2) is 5.72. The monoisotopic (exact) mass is 252 g/mol. The van der Waals surface area contributed by atoms with Gasteiger partial charge in [-0.25, -0.2) is 0 Å². The van der Waals surface area contributed by atoms with E-state index in [1.165, 1.54) is 0 Å². The Labute approximate surface area is 108 Å². The quantitative estimate of drug-likeness (QED) is 0.778. The molecule has 4 heteroatoms. The topological polar surface area (TPSA) is 86.2 Å². The van der Waals surface area contributed by atoms with Crippen LogP contribution in [0, 0.1) is 23.7 Å². The smallest absolute Gasteiger partial charge is 0.221 e. The molecule has 0 heterocycles. The lowest BCUT2D eigenvalue weighted by Crippen LogP contribution is -2.44. The Balaban J connectivity index is 2.18.